The molecule has 1 aromatic rings. The van der Waals surface area contributed by atoms with Crippen LogP contribution in [0.2, 0.25) is 0 Å². The molecule has 0 amide bonds. The Morgan fingerprint density at radius 3 is 2.65 bits per heavy atom. The lowest BCUT2D eigenvalue weighted by Gasteiger charge is -2.34. The Hall–Kier alpha value is -0.980. The summed E-state index contributed by atoms with van der Waals surface area (Å²) in [5, 5.41) is 0. The minimum atomic E-state index is -3.08. The molecule has 2 atom stereocenters. The van der Waals surface area contributed by atoms with Gasteiger partial charge in [-0.15, -0.1) is 0 Å². The molecule has 3 saturated heterocycles. The third kappa shape index (κ3) is 3.02. The van der Waals surface area contributed by atoms with Crippen LogP contribution in [0.4, 0.5) is 0 Å². The minimum Gasteiger partial charge on any atom is -0.297 e. The summed E-state index contributed by atoms with van der Waals surface area (Å²) in [4.78, 5) is 6.43. The van der Waals surface area contributed by atoms with Gasteiger partial charge in [-0.3, -0.25) is 9.88 Å². The SMILES string of the molecule is CS(=O)(=O)N1C[C@H]2CC[C@@H]1CN(Cc1ccncc1)C2. The monoisotopic (exact) mass is 295 g/mol. The van der Waals surface area contributed by atoms with Gasteiger partial charge in [-0.1, -0.05) is 0 Å². The number of hydrogen-bond donors (Lipinski definition) is 0. The molecule has 4 heterocycles. The van der Waals surface area contributed by atoms with Crippen LogP contribution in [0, 0.1) is 5.92 Å². The van der Waals surface area contributed by atoms with E-state index >= 15 is 0 Å². The fraction of sp³-hybridized carbons (Fsp3) is 0.643. The Bertz CT molecular complexity index is 561. The van der Waals surface area contributed by atoms with E-state index in [1.54, 1.807) is 4.31 Å². The van der Waals surface area contributed by atoms with Crippen LogP contribution in [0.15, 0.2) is 24.5 Å². The first-order chi connectivity index (χ1) is 9.52. The van der Waals surface area contributed by atoms with Crippen LogP contribution in [0.1, 0.15) is 18.4 Å². The van der Waals surface area contributed by atoms with Crippen molar-refractivity contribution in [3.05, 3.63) is 30.1 Å². The van der Waals surface area contributed by atoms with E-state index < -0.39 is 10.0 Å². The number of aromatic nitrogens is 1. The summed E-state index contributed by atoms with van der Waals surface area (Å²) in [6, 6.07) is 4.20. The molecule has 3 aliphatic rings. The largest absolute Gasteiger partial charge is 0.297 e. The maximum atomic E-state index is 11.9. The van der Waals surface area contributed by atoms with Gasteiger partial charge < -0.3 is 0 Å². The zero-order valence-electron chi connectivity index (χ0n) is 11.8. The second-order valence-electron chi connectivity index (χ2n) is 5.98. The van der Waals surface area contributed by atoms with E-state index in [1.807, 2.05) is 24.5 Å². The number of piperidine rings is 1. The quantitative estimate of drug-likeness (QED) is 0.833. The van der Waals surface area contributed by atoms with Gasteiger partial charge in [-0.05, 0) is 36.5 Å². The molecule has 3 aliphatic heterocycles. The molecule has 20 heavy (non-hydrogen) atoms. The Morgan fingerprint density at radius 1 is 1.20 bits per heavy atom. The summed E-state index contributed by atoms with van der Waals surface area (Å²) in [6.45, 7) is 3.40. The van der Waals surface area contributed by atoms with Crippen LogP contribution >= 0.6 is 0 Å². The zero-order valence-corrected chi connectivity index (χ0v) is 12.6. The smallest absolute Gasteiger partial charge is 0.211 e. The highest BCUT2D eigenvalue weighted by Crippen LogP contribution is 2.30. The summed E-state index contributed by atoms with van der Waals surface area (Å²) in [6.07, 6.45) is 7.09. The highest BCUT2D eigenvalue weighted by Gasteiger charge is 2.38. The fourth-order valence-corrected chi connectivity index (χ4v) is 4.61. The molecule has 0 N–H and O–H groups in total. The lowest BCUT2D eigenvalue weighted by molar-refractivity contribution is 0.227. The van der Waals surface area contributed by atoms with Gasteiger partial charge in [-0.2, -0.15) is 4.31 Å². The van der Waals surface area contributed by atoms with Crippen LogP contribution in [-0.4, -0.2) is 54.5 Å². The van der Waals surface area contributed by atoms with Crippen molar-refractivity contribution >= 4 is 10.0 Å². The Balaban J connectivity index is 1.75. The van der Waals surface area contributed by atoms with E-state index in [4.69, 9.17) is 0 Å². The number of hydrogen-bond acceptors (Lipinski definition) is 4. The van der Waals surface area contributed by atoms with Gasteiger partial charge in [0.25, 0.3) is 0 Å². The predicted octanol–water partition coefficient (Wildman–Crippen LogP) is 0.937. The molecular formula is C14H21N3O2S. The molecular weight excluding hydrogens is 274 g/mol. The molecule has 1 aromatic heterocycles. The molecule has 0 radical (unpaired) electrons. The molecule has 3 fully saturated rings. The molecule has 4 rings (SSSR count). The van der Waals surface area contributed by atoms with Crippen molar-refractivity contribution in [2.24, 2.45) is 5.92 Å². The second-order valence-corrected chi connectivity index (χ2v) is 7.91. The standard InChI is InChI=1S/C14H21N3O2S/c1-20(18,19)17-10-13-2-3-14(17)11-16(9-13)8-12-4-6-15-7-5-12/h4-7,13-14H,2-3,8-11H2,1H3/t13-,14+/m0/s1. The molecule has 0 unspecified atom stereocenters. The summed E-state index contributed by atoms with van der Waals surface area (Å²) in [5.74, 6) is 0.463. The maximum Gasteiger partial charge on any atom is 0.211 e. The average Bonchev–Trinajstić information content (AvgIpc) is 2.69. The normalized spacial score (nSPS) is 28.4. The van der Waals surface area contributed by atoms with Gasteiger partial charge in [0.2, 0.25) is 10.0 Å². The first kappa shape index (κ1) is 14.0. The van der Waals surface area contributed by atoms with Crippen molar-refractivity contribution in [1.29, 1.82) is 0 Å². The molecule has 6 heteroatoms. The molecule has 0 saturated carbocycles. The van der Waals surface area contributed by atoms with Gasteiger partial charge in [0.15, 0.2) is 0 Å². The first-order valence-electron chi connectivity index (χ1n) is 7.10. The molecule has 2 bridgehead atoms. The van der Waals surface area contributed by atoms with E-state index in [1.165, 1.54) is 11.8 Å². The number of sulfonamides is 1. The van der Waals surface area contributed by atoms with E-state index in [9.17, 15) is 8.42 Å². The summed E-state index contributed by atoms with van der Waals surface area (Å²) >= 11 is 0. The van der Waals surface area contributed by atoms with Crippen molar-refractivity contribution in [3.8, 4) is 0 Å². The number of rotatable bonds is 3. The van der Waals surface area contributed by atoms with Gasteiger partial charge in [0.05, 0.1) is 6.26 Å². The van der Waals surface area contributed by atoms with Gasteiger partial charge in [0, 0.05) is 44.6 Å². The van der Waals surface area contributed by atoms with Crippen molar-refractivity contribution in [2.75, 3.05) is 25.9 Å². The van der Waals surface area contributed by atoms with Crippen molar-refractivity contribution in [1.82, 2.24) is 14.2 Å². The number of pyridine rings is 1. The highest BCUT2D eigenvalue weighted by molar-refractivity contribution is 7.88. The molecule has 0 aromatic carbocycles. The number of fused-ring (bicyclic) bond motifs is 4. The molecule has 0 aliphatic carbocycles. The zero-order chi connectivity index (χ0) is 14.2. The van der Waals surface area contributed by atoms with Crippen molar-refractivity contribution in [2.45, 2.75) is 25.4 Å². The molecule has 110 valence electrons. The maximum absolute atomic E-state index is 11.9. The summed E-state index contributed by atoms with van der Waals surface area (Å²) in [5.41, 5.74) is 1.24. The highest BCUT2D eigenvalue weighted by atomic mass is 32.2. The Kier molecular flexibility index (Phi) is 3.79. The van der Waals surface area contributed by atoms with Crippen LogP contribution in [0.25, 0.3) is 0 Å². The van der Waals surface area contributed by atoms with Crippen LogP contribution in [-0.2, 0) is 16.6 Å². The van der Waals surface area contributed by atoms with Gasteiger partial charge in [-0.25, -0.2) is 8.42 Å². The molecule has 0 spiro atoms. The summed E-state index contributed by atoms with van der Waals surface area (Å²) < 4.78 is 25.5. The first-order valence-corrected chi connectivity index (χ1v) is 8.95. The minimum absolute atomic E-state index is 0.144. The Labute approximate surface area is 120 Å². The predicted molar refractivity (Wildman–Crippen MR) is 77.6 cm³/mol. The van der Waals surface area contributed by atoms with Crippen molar-refractivity contribution < 1.29 is 8.42 Å². The average molecular weight is 295 g/mol. The second kappa shape index (κ2) is 5.42. The number of nitrogens with zero attached hydrogens (tertiary/aromatic N) is 3. The van der Waals surface area contributed by atoms with E-state index in [0.717, 1.165) is 32.5 Å². The fourth-order valence-electron chi connectivity index (χ4n) is 3.42. The lowest BCUT2D eigenvalue weighted by Crippen LogP contribution is -2.46. The lowest BCUT2D eigenvalue weighted by atomic mass is 9.97. The Morgan fingerprint density at radius 2 is 1.95 bits per heavy atom. The third-order valence-electron chi connectivity index (χ3n) is 4.32. The van der Waals surface area contributed by atoms with Crippen LogP contribution < -0.4 is 0 Å². The topological polar surface area (TPSA) is 53.5 Å². The van der Waals surface area contributed by atoms with Crippen LogP contribution in [0.5, 0.6) is 0 Å². The third-order valence-corrected chi connectivity index (χ3v) is 5.62. The van der Waals surface area contributed by atoms with Crippen LogP contribution in [0.3, 0.4) is 0 Å². The van der Waals surface area contributed by atoms with E-state index in [0.29, 0.717) is 12.5 Å². The molecule has 5 nitrogen and oxygen atoms in total. The summed E-state index contributed by atoms with van der Waals surface area (Å²) in [7, 11) is -3.08. The van der Waals surface area contributed by atoms with Gasteiger partial charge >= 0.3 is 0 Å². The van der Waals surface area contributed by atoms with E-state index in [-0.39, 0.29) is 6.04 Å². The van der Waals surface area contributed by atoms with E-state index in [2.05, 4.69) is 9.88 Å². The van der Waals surface area contributed by atoms with Gasteiger partial charge in [0.1, 0.15) is 0 Å². The van der Waals surface area contributed by atoms with Crippen molar-refractivity contribution in [3.63, 3.8) is 0 Å².